The lowest BCUT2D eigenvalue weighted by Gasteiger charge is -2.49. The van der Waals surface area contributed by atoms with E-state index in [-0.39, 0.29) is 32.9 Å². The molecule has 14 nitrogen and oxygen atoms in total. The number of amides is 1. The summed E-state index contributed by atoms with van der Waals surface area (Å²) in [6.45, 7) is 7.82. The lowest BCUT2D eigenvalue weighted by atomic mass is 9.50. The molecule has 5 saturated heterocycles. The lowest BCUT2D eigenvalue weighted by Crippen LogP contribution is -2.67. The zero-order valence-corrected chi connectivity index (χ0v) is 25.9. The predicted octanol–water partition coefficient (Wildman–Crippen LogP) is 0.302. The molecule has 5 heterocycles. The molecule has 2 spiro atoms. The fraction of sp³-hybridized carbons (Fsp3) is 0.688. The van der Waals surface area contributed by atoms with Gasteiger partial charge < -0.3 is 48.3 Å². The van der Waals surface area contributed by atoms with Crippen molar-refractivity contribution in [1.82, 2.24) is 4.90 Å². The zero-order chi connectivity index (χ0) is 32.6. The van der Waals surface area contributed by atoms with Crippen LogP contribution in [0, 0.1) is 28.1 Å². The summed E-state index contributed by atoms with van der Waals surface area (Å²) in [4.78, 5) is 56.7. The molecule has 0 aromatic heterocycles. The molecule has 1 aromatic carbocycles. The summed E-state index contributed by atoms with van der Waals surface area (Å²) in [6.07, 6.45) is -9.98. The molecule has 14 heteroatoms. The van der Waals surface area contributed by atoms with Gasteiger partial charge in [0.25, 0.3) is 0 Å². The highest BCUT2D eigenvalue weighted by atomic mass is 16.8. The van der Waals surface area contributed by atoms with Crippen molar-refractivity contribution in [3.63, 3.8) is 0 Å². The van der Waals surface area contributed by atoms with Crippen LogP contribution in [0.1, 0.15) is 33.3 Å². The molecular weight excluding hydrogens is 606 g/mol. The first-order valence-corrected chi connectivity index (χ1v) is 15.7. The average molecular weight is 644 g/mol. The summed E-state index contributed by atoms with van der Waals surface area (Å²) >= 11 is 0. The van der Waals surface area contributed by atoms with Crippen LogP contribution in [0.15, 0.2) is 30.3 Å². The van der Waals surface area contributed by atoms with E-state index in [0.29, 0.717) is 0 Å². The summed E-state index contributed by atoms with van der Waals surface area (Å²) in [5.41, 5.74) is -8.74. The Labute approximate surface area is 264 Å². The normalized spacial score (nSPS) is 46.7. The number of carbonyl (C=O) groups excluding carboxylic acids is 4. The molecule has 2 N–H and O–H groups in total. The quantitative estimate of drug-likeness (QED) is 0.339. The van der Waals surface area contributed by atoms with Gasteiger partial charge >= 0.3 is 24.0 Å². The fourth-order valence-electron chi connectivity index (χ4n) is 10.2. The second-order valence-corrected chi connectivity index (χ2v) is 14.5. The molecule has 248 valence electrons. The molecule has 46 heavy (non-hydrogen) atoms. The Kier molecular flexibility index (Phi) is 6.15. The highest BCUT2D eigenvalue weighted by Crippen LogP contribution is 2.85. The van der Waals surface area contributed by atoms with Gasteiger partial charge in [-0.3, -0.25) is 4.79 Å². The van der Waals surface area contributed by atoms with Crippen molar-refractivity contribution < 1.29 is 62.5 Å². The topological polar surface area (TPSA) is 177 Å². The van der Waals surface area contributed by atoms with E-state index in [1.807, 2.05) is 51.1 Å². The van der Waals surface area contributed by atoms with Crippen molar-refractivity contribution in [3.05, 3.63) is 35.9 Å². The van der Waals surface area contributed by atoms with E-state index in [9.17, 15) is 29.4 Å². The molecule has 2 aliphatic carbocycles. The van der Waals surface area contributed by atoms with E-state index in [1.165, 1.54) is 11.8 Å². The van der Waals surface area contributed by atoms with Crippen molar-refractivity contribution in [2.75, 3.05) is 26.3 Å². The van der Waals surface area contributed by atoms with E-state index < -0.39 is 100 Å². The van der Waals surface area contributed by atoms with Gasteiger partial charge in [-0.05, 0) is 17.9 Å². The largest absolute Gasteiger partial charge is 0.456 e. The van der Waals surface area contributed by atoms with Gasteiger partial charge in [0.2, 0.25) is 11.9 Å². The predicted molar refractivity (Wildman–Crippen MR) is 149 cm³/mol. The van der Waals surface area contributed by atoms with Crippen LogP contribution in [0.3, 0.4) is 0 Å². The summed E-state index contributed by atoms with van der Waals surface area (Å²) in [5.74, 6) is -5.00. The highest BCUT2D eigenvalue weighted by Gasteiger charge is 3.06. The molecule has 1 aromatic rings. The number of carbonyl (C=O) groups is 4. The van der Waals surface area contributed by atoms with E-state index in [4.69, 9.17) is 33.2 Å². The monoisotopic (exact) mass is 643 g/mol. The van der Waals surface area contributed by atoms with Crippen molar-refractivity contribution in [2.45, 2.75) is 82.3 Å². The minimum Gasteiger partial charge on any atom is -0.456 e. The number of hydrogen-bond donors (Lipinski definition) is 2. The van der Waals surface area contributed by atoms with E-state index in [0.717, 1.165) is 5.56 Å². The number of morpholine rings is 1. The Morgan fingerprint density at radius 3 is 2.39 bits per heavy atom. The molecule has 0 radical (unpaired) electrons. The van der Waals surface area contributed by atoms with E-state index in [1.54, 1.807) is 0 Å². The Bertz CT molecular complexity index is 1510. The molecule has 7 fully saturated rings. The number of fused-ring (bicyclic) bond motifs is 1. The van der Waals surface area contributed by atoms with Crippen LogP contribution >= 0.6 is 0 Å². The van der Waals surface area contributed by atoms with Crippen LogP contribution in [0.25, 0.3) is 0 Å². The number of esters is 3. The third kappa shape index (κ3) is 3.11. The molecular formula is C32H37NO13. The van der Waals surface area contributed by atoms with Crippen molar-refractivity contribution in [1.29, 1.82) is 0 Å². The molecule has 2 saturated carbocycles. The zero-order valence-electron chi connectivity index (χ0n) is 25.9. The van der Waals surface area contributed by atoms with Gasteiger partial charge in [-0.2, -0.15) is 0 Å². The minimum absolute atomic E-state index is 0.0537. The van der Waals surface area contributed by atoms with Crippen LogP contribution in [0.5, 0.6) is 0 Å². The van der Waals surface area contributed by atoms with Gasteiger partial charge in [-0.1, -0.05) is 51.1 Å². The van der Waals surface area contributed by atoms with Crippen LogP contribution in [0.2, 0.25) is 0 Å². The van der Waals surface area contributed by atoms with Crippen LogP contribution in [0.4, 0.5) is 4.79 Å². The molecule has 5 aliphatic heterocycles. The summed E-state index contributed by atoms with van der Waals surface area (Å²) in [6, 6.07) is 9.10. The highest BCUT2D eigenvalue weighted by molar-refractivity contribution is 5.94. The molecule has 0 bridgehead atoms. The Morgan fingerprint density at radius 2 is 1.72 bits per heavy atom. The van der Waals surface area contributed by atoms with Gasteiger partial charge in [-0.25, -0.2) is 14.4 Å². The standard InChI is InChI=1S/C32H37NO13/c1-15-23(35)42-21-20(44-27(38)33-10-12-40-13-11-33)30-19-17(34)18(28(2,3)4)29(30)22(41-14-16-8-6-5-7-9-16)24(36)45-26(29)46-32(30,25(37)43-19)31(15,21)39/h5-9,15,17-22,26,34,39H,10-14H2,1-4H3/t15-,17-,18?,19?,20+,21?,22+,26?,29?,30?,31-,32?/m1/s1. The van der Waals surface area contributed by atoms with Gasteiger partial charge in [0.1, 0.15) is 11.5 Å². The third-order valence-electron chi connectivity index (χ3n) is 11.6. The van der Waals surface area contributed by atoms with Gasteiger partial charge in [0.05, 0.1) is 37.3 Å². The molecule has 8 rings (SSSR count). The minimum atomic E-state index is -2.45. The molecule has 12 atom stereocenters. The summed E-state index contributed by atoms with van der Waals surface area (Å²) in [5, 5.41) is 25.0. The van der Waals surface area contributed by atoms with Crippen LogP contribution in [-0.2, 0) is 54.1 Å². The van der Waals surface area contributed by atoms with Crippen LogP contribution < -0.4 is 0 Å². The smallest absolute Gasteiger partial charge is 0.410 e. The van der Waals surface area contributed by atoms with Gasteiger partial charge in [0, 0.05) is 19.0 Å². The molecule has 1 amide bonds. The molecule has 7 unspecified atom stereocenters. The van der Waals surface area contributed by atoms with Crippen molar-refractivity contribution >= 4 is 24.0 Å². The van der Waals surface area contributed by atoms with Gasteiger partial charge in [-0.15, -0.1) is 0 Å². The maximum Gasteiger partial charge on any atom is 0.410 e. The van der Waals surface area contributed by atoms with Gasteiger partial charge in [0.15, 0.2) is 23.9 Å². The molecule has 7 aliphatic rings. The first kappa shape index (κ1) is 30.1. The number of hydrogen-bond acceptors (Lipinski definition) is 13. The Hall–Kier alpha value is -3.30. The number of aliphatic hydroxyl groups excluding tert-OH is 1. The summed E-state index contributed by atoms with van der Waals surface area (Å²) < 4.78 is 42.3. The average Bonchev–Trinajstić information content (AvgIpc) is 3.72. The maximum atomic E-state index is 14.3. The maximum absolute atomic E-state index is 14.3. The number of ether oxygens (including phenoxy) is 7. The van der Waals surface area contributed by atoms with E-state index >= 15 is 0 Å². The Balaban J connectivity index is 1.38. The van der Waals surface area contributed by atoms with Crippen LogP contribution in [-0.4, -0.2) is 113 Å². The van der Waals surface area contributed by atoms with E-state index in [2.05, 4.69) is 0 Å². The second-order valence-electron chi connectivity index (χ2n) is 14.5. The van der Waals surface area contributed by atoms with Crippen molar-refractivity contribution in [3.8, 4) is 0 Å². The second kappa shape index (κ2) is 9.41. The fourth-order valence-corrected chi connectivity index (χ4v) is 10.2. The first-order chi connectivity index (χ1) is 21.8. The lowest BCUT2D eigenvalue weighted by molar-refractivity contribution is -0.240. The van der Waals surface area contributed by atoms with Crippen molar-refractivity contribution in [2.24, 2.45) is 28.1 Å². The number of benzene rings is 1. The summed E-state index contributed by atoms with van der Waals surface area (Å²) in [7, 11) is 0. The SMILES string of the molecule is C[C@@H]1C(=O)OC2[C@H](OC(=O)N3CCOCC3)C34C5OC(=O)C3(OC3OC(=O)[C@H](OCc6ccccc6)C34C(C(C)(C)C)[C@H]5O)[C@]21O. The number of nitrogens with zero attached hydrogens (tertiary/aromatic N) is 1. The number of rotatable bonds is 4. The first-order valence-electron chi connectivity index (χ1n) is 15.7. The number of aliphatic hydroxyl groups is 2. The third-order valence-corrected chi connectivity index (χ3v) is 11.6. The Morgan fingerprint density at radius 1 is 1.02 bits per heavy atom.